The molecule has 5 unspecified atom stereocenters. The monoisotopic (exact) mass is 972 g/mol. The van der Waals surface area contributed by atoms with Gasteiger partial charge in [-0.15, -0.1) is 0 Å². The van der Waals surface area contributed by atoms with Gasteiger partial charge in [0.1, 0.15) is 19.3 Å². The molecule has 0 radical (unpaired) electrons. The Bertz CT molecular complexity index is 2250. The number of aliphatic carboxylic acids is 3. The standard InChI is InChI=1S/C53H74N6O11/c1-33(2)28-35-14-19-38(20-15-35)34(3)48(63)55-26-8-6-12-43(54)50(65)57-32-36-16-22-40(23-17-36)46(60)31-42(30-37-18-21-39-10-4-5-11-41(39)29-37)49(64)56-27-9-7-13-44(51(66)67)58-53(70)59-45(52(68)69)24-25-47(61)62/h4-5,10-11,14-15,18-21,29,33-34,36,40,42-45H,6-9,12-13,16-17,22-28,30-32,54H2,1-3H3,(H,55,63)(H,56,64)(H,57,65)(H,61,62)(H,66,67)(H,68,69)(H2,58,59,70)/i/hD. The molecule has 0 aromatic heterocycles. The molecule has 382 valence electrons. The Morgan fingerprint density at radius 3 is 1.87 bits per heavy atom. The zero-order chi connectivity index (χ0) is 51.9. The van der Waals surface area contributed by atoms with Gasteiger partial charge in [0.05, 0.1) is 12.0 Å². The van der Waals surface area contributed by atoms with Gasteiger partial charge in [0, 0.05) is 44.3 Å². The van der Waals surface area contributed by atoms with Crippen LogP contribution >= 0.6 is 0 Å². The van der Waals surface area contributed by atoms with Crippen molar-refractivity contribution in [3.8, 4) is 0 Å². The number of carbonyl (C=O) groups is 8. The number of fused-ring (bicyclic) bond motifs is 1. The third-order valence-corrected chi connectivity index (χ3v) is 13.1. The molecule has 5 amide bonds. The van der Waals surface area contributed by atoms with Crippen LogP contribution in [0.4, 0.5) is 4.79 Å². The van der Waals surface area contributed by atoms with E-state index in [1.807, 2.05) is 61.5 Å². The molecular formula is C53H74N6O11. The molecule has 1 aliphatic carbocycles. The van der Waals surface area contributed by atoms with Gasteiger partial charge in [0.2, 0.25) is 17.7 Å². The first kappa shape index (κ1) is 54.6. The fraction of sp³-hybridized carbons (Fsp3) is 0.547. The molecular weight excluding hydrogens is 897 g/mol. The number of hydrogen-bond donors (Lipinski definition) is 9. The number of Topliss-reactive ketones (excluding diaryl/α,β-unsaturated/α-hetero) is 1. The highest BCUT2D eigenvalue weighted by Crippen LogP contribution is 2.31. The van der Waals surface area contributed by atoms with E-state index in [9.17, 15) is 48.6 Å². The fourth-order valence-electron chi connectivity index (χ4n) is 8.88. The quantitative estimate of drug-likeness (QED) is 0.0343. The number of unbranched alkanes of at least 4 members (excludes halogenated alkanes) is 2. The van der Waals surface area contributed by atoms with E-state index in [1.54, 1.807) is 0 Å². The molecule has 17 nitrogen and oxygen atoms in total. The number of amides is 5. The largest absolute Gasteiger partial charge is 0.481 e. The molecule has 70 heavy (non-hydrogen) atoms. The summed E-state index contributed by atoms with van der Waals surface area (Å²) in [5, 5.41) is 43.1. The molecule has 0 heterocycles. The number of nitrogens with two attached hydrogens (primary N) is 1. The Hall–Kier alpha value is -6.36. The number of benzene rings is 3. The van der Waals surface area contributed by atoms with Crippen molar-refractivity contribution in [2.45, 2.75) is 141 Å². The van der Waals surface area contributed by atoms with Crippen molar-refractivity contribution in [2.75, 3.05) is 19.6 Å². The summed E-state index contributed by atoms with van der Waals surface area (Å²) < 4.78 is 7.78. The lowest BCUT2D eigenvalue weighted by atomic mass is 9.77. The Kier molecular flexibility index (Phi) is 22.6. The summed E-state index contributed by atoms with van der Waals surface area (Å²) in [5.41, 5.74) is 5.48. The molecule has 10 N–H and O–H groups in total. The number of hydrogen-bond acceptors (Lipinski definition) is 9. The Labute approximate surface area is 412 Å². The van der Waals surface area contributed by atoms with Crippen LogP contribution in [-0.4, -0.2) is 101 Å². The van der Waals surface area contributed by atoms with E-state index in [0.717, 1.165) is 41.2 Å². The Morgan fingerprint density at radius 1 is 0.657 bits per heavy atom. The first-order valence-electron chi connectivity index (χ1n) is 25.3. The molecule has 0 aliphatic heterocycles. The lowest BCUT2D eigenvalue weighted by molar-refractivity contribution is -0.141. The van der Waals surface area contributed by atoms with Crippen LogP contribution in [0.3, 0.4) is 0 Å². The van der Waals surface area contributed by atoms with Gasteiger partial charge in [-0.25, -0.2) is 14.4 Å². The SMILES string of the molecule is [2H]NC(CCCCNC(=O)C(C)c1ccc(CC(C)C)cc1)C(=O)NCC1CCC(C(=O)CC(Cc2ccc3ccccc3c2)C(=O)NCCCCC(NC(=O)NC(CCC(=O)O)C(=O)O)C(=O)O)CC1. The molecule has 0 saturated heterocycles. The second-order valence-electron chi connectivity index (χ2n) is 19.2. The first-order valence-corrected chi connectivity index (χ1v) is 24.8. The summed E-state index contributed by atoms with van der Waals surface area (Å²) >= 11 is 0. The lowest BCUT2D eigenvalue weighted by Gasteiger charge is -2.29. The molecule has 3 aromatic rings. The minimum Gasteiger partial charge on any atom is -0.481 e. The van der Waals surface area contributed by atoms with Crippen LogP contribution in [0.25, 0.3) is 10.8 Å². The lowest BCUT2D eigenvalue weighted by Crippen LogP contribution is -2.51. The van der Waals surface area contributed by atoms with Gasteiger partial charge in [0.15, 0.2) is 0 Å². The predicted molar refractivity (Wildman–Crippen MR) is 266 cm³/mol. The highest BCUT2D eigenvalue weighted by atomic mass is 16.4. The van der Waals surface area contributed by atoms with Gasteiger partial charge in [0.25, 0.3) is 0 Å². The molecule has 3 aromatic carbocycles. The second-order valence-corrected chi connectivity index (χ2v) is 19.2. The van der Waals surface area contributed by atoms with Crippen molar-refractivity contribution < 1.29 is 55.1 Å². The van der Waals surface area contributed by atoms with E-state index in [-0.39, 0.29) is 73.5 Å². The number of nitrogens with one attached hydrogen (secondary N) is 5. The third kappa shape index (κ3) is 19.6. The molecule has 5 atom stereocenters. The molecule has 4 rings (SSSR count). The Balaban J connectivity index is 1.21. The van der Waals surface area contributed by atoms with E-state index in [1.165, 1.54) is 5.56 Å². The third-order valence-electron chi connectivity index (χ3n) is 13.1. The smallest absolute Gasteiger partial charge is 0.326 e. The van der Waals surface area contributed by atoms with E-state index < -0.39 is 54.4 Å². The van der Waals surface area contributed by atoms with Crippen LogP contribution in [0, 0.1) is 23.7 Å². The van der Waals surface area contributed by atoms with Gasteiger partial charge in [-0.2, -0.15) is 0 Å². The highest BCUT2D eigenvalue weighted by molar-refractivity contribution is 5.89. The van der Waals surface area contributed by atoms with Crippen LogP contribution in [0.15, 0.2) is 66.7 Å². The van der Waals surface area contributed by atoms with Crippen LogP contribution < -0.4 is 32.3 Å². The van der Waals surface area contributed by atoms with Crippen molar-refractivity contribution in [2.24, 2.45) is 29.4 Å². The van der Waals surface area contributed by atoms with E-state index in [2.05, 4.69) is 58.3 Å². The summed E-state index contributed by atoms with van der Waals surface area (Å²) in [6.45, 7) is 7.31. The molecule has 1 saturated carbocycles. The zero-order valence-corrected chi connectivity index (χ0v) is 40.8. The topological polar surface area (TPSA) is 283 Å². The number of carbonyl (C=O) groups excluding carboxylic acids is 5. The van der Waals surface area contributed by atoms with Crippen molar-refractivity contribution >= 4 is 58.2 Å². The maximum absolute atomic E-state index is 13.9. The number of ketones is 1. The van der Waals surface area contributed by atoms with Crippen LogP contribution in [-0.2, 0) is 46.4 Å². The zero-order valence-electron chi connectivity index (χ0n) is 41.8. The summed E-state index contributed by atoms with van der Waals surface area (Å²) in [4.78, 5) is 100. The summed E-state index contributed by atoms with van der Waals surface area (Å²) in [6, 6.07) is 17.3. The minimum absolute atomic E-state index is 0.00459. The maximum atomic E-state index is 13.9. The molecule has 17 heteroatoms. The van der Waals surface area contributed by atoms with Gasteiger partial charge in [-0.05, 0) is 130 Å². The van der Waals surface area contributed by atoms with Gasteiger partial charge < -0.3 is 47.6 Å². The van der Waals surface area contributed by atoms with Gasteiger partial charge in [-0.1, -0.05) is 80.6 Å². The minimum atomic E-state index is -1.53. The van der Waals surface area contributed by atoms with Crippen molar-refractivity contribution in [3.05, 3.63) is 83.4 Å². The highest BCUT2D eigenvalue weighted by Gasteiger charge is 2.31. The van der Waals surface area contributed by atoms with Crippen LogP contribution in [0.1, 0.15) is 127 Å². The fourth-order valence-corrected chi connectivity index (χ4v) is 8.88. The number of rotatable bonds is 31. The van der Waals surface area contributed by atoms with Gasteiger partial charge >= 0.3 is 23.9 Å². The summed E-state index contributed by atoms with van der Waals surface area (Å²) in [6.07, 6.45) is 5.44. The second kappa shape index (κ2) is 29.0. The Morgan fingerprint density at radius 2 is 1.26 bits per heavy atom. The predicted octanol–water partition coefficient (Wildman–Crippen LogP) is 5.85. The van der Waals surface area contributed by atoms with Crippen molar-refractivity contribution in [1.82, 2.24) is 26.6 Å². The molecule has 1 aliphatic rings. The molecule has 1 fully saturated rings. The summed E-state index contributed by atoms with van der Waals surface area (Å²) in [7, 11) is 0. The average Bonchev–Trinajstić information content (AvgIpc) is 3.34. The van der Waals surface area contributed by atoms with Crippen LogP contribution in [0.2, 0.25) is 1.41 Å². The summed E-state index contributed by atoms with van der Waals surface area (Å²) in [5.74, 6) is -5.17. The average molecular weight is 972 g/mol. The van der Waals surface area contributed by atoms with Crippen molar-refractivity contribution in [3.63, 3.8) is 0 Å². The van der Waals surface area contributed by atoms with E-state index in [4.69, 9.17) is 6.52 Å². The molecule has 0 bridgehead atoms. The number of urea groups is 1. The normalized spacial score (nSPS) is 16.9. The maximum Gasteiger partial charge on any atom is 0.326 e. The van der Waals surface area contributed by atoms with Gasteiger partial charge in [-0.3, -0.25) is 24.0 Å². The number of carboxylic acids is 3. The van der Waals surface area contributed by atoms with Crippen molar-refractivity contribution in [1.29, 1.82) is 0 Å². The van der Waals surface area contributed by atoms with Crippen LogP contribution in [0.5, 0.6) is 0 Å². The number of carboxylic acid groups (broad SMARTS) is 3. The molecule has 0 spiro atoms. The first-order chi connectivity index (χ1) is 33.9. The van der Waals surface area contributed by atoms with E-state index >= 15 is 0 Å². The van der Waals surface area contributed by atoms with E-state index in [0.29, 0.717) is 64.0 Å².